The molecular weight excluding hydrogens is 246 g/mol. The van der Waals surface area contributed by atoms with Crippen LogP contribution in [0.1, 0.15) is 43.2 Å². The SMILES string of the molecule is Cc1ccc(C(=NC2CCCCC2)NN)cc1Cl. The van der Waals surface area contributed by atoms with Gasteiger partial charge in [-0.05, 0) is 31.4 Å². The van der Waals surface area contributed by atoms with Gasteiger partial charge in [-0.2, -0.15) is 0 Å². The summed E-state index contributed by atoms with van der Waals surface area (Å²) in [5.74, 6) is 6.33. The highest BCUT2D eigenvalue weighted by molar-refractivity contribution is 6.31. The molecule has 0 saturated heterocycles. The van der Waals surface area contributed by atoms with E-state index in [-0.39, 0.29) is 0 Å². The highest BCUT2D eigenvalue weighted by Gasteiger charge is 2.14. The van der Waals surface area contributed by atoms with Gasteiger partial charge in [0.1, 0.15) is 5.84 Å². The van der Waals surface area contributed by atoms with E-state index in [2.05, 4.69) is 5.43 Å². The lowest BCUT2D eigenvalue weighted by Gasteiger charge is -2.19. The Bertz CT molecular complexity index is 437. The van der Waals surface area contributed by atoms with E-state index in [9.17, 15) is 0 Å². The van der Waals surface area contributed by atoms with Crippen molar-refractivity contribution in [1.29, 1.82) is 0 Å². The molecular formula is C14H20ClN3. The summed E-state index contributed by atoms with van der Waals surface area (Å²) in [5, 5.41) is 0.749. The minimum atomic E-state index is 0.393. The van der Waals surface area contributed by atoms with E-state index in [0.29, 0.717) is 6.04 Å². The van der Waals surface area contributed by atoms with E-state index in [1.807, 2.05) is 25.1 Å². The zero-order chi connectivity index (χ0) is 13.0. The Kier molecular flexibility index (Phi) is 4.61. The fourth-order valence-corrected chi connectivity index (χ4v) is 2.51. The van der Waals surface area contributed by atoms with Gasteiger partial charge in [-0.25, -0.2) is 5.84 Å². The van der Waals surface area contributed by atoms with E-state index in [4.69, 9.17) is 22.4 Å². The van der Waals surface area contributed by atoms with Gasteiger partial charge in [0.05, 0.1) is 6.04 Å². The Balaban J connectivity index is 2.20. The van der Waals surface area contributed by atoms with E-state index in [1.54, 1.807) is 0 Å². The smallest absolute Gasteiger partial charge is 0.142 e. The van der Waals surface area contributed by atoms with Gasteiger partial charge in [0.25, 0.3) is 0 Å². The van der Waals surface area contributed by atoms with Crippen LogP contribution in [0.15, 0.2) is 23.2 Å². The molecule has 1 aromatic carbocycles. The van der Waals surface area contributed by atoms with Crippen molar-refractivity contribution in [2.75, 3.05) is 0 Å². The van der Waals surface area contributed by atoms with Crippen molar-refractivity contribution in [1.82, 2.24) is 5.43 Å². The van der Waals surface area contributed by atoms with Gasteiger partial charge in [0, 0.05) is 10.6 Å². The standard InChI is InChI=1S/C14H20ClN3/c1-10-7-8-11(9-13(10)15)14(18-16)17-12-5-3-2-4-6-12/h7-9,12H,2-6,16H2,1H3,(H,17,18). The maximum Gasteiger partial charge on any atom is 0.142 e. The quantitative estimate of drug-likeness (QED) is 0.373. The number of amidine groups is 1. The molecule has 3 nitrogen and oxygen atoms in total. The van der Waals surface area contributed by atoms with Crippen molar-refractivity contribution < 1.29 is 0 Å². The molecule has 3 N–H and O–H groups in total. The van der Waals surface area contributed by atoms with Crippen molar-refractivity contribution in [3.8, 4) is 0 Å². The Morgan fingerprint density at radius 1 is 1.33 bits per heavy atom. The van der Waals surface area contributed by atoms with E-state index < -0.39 is 0 Å². The van der Waals surface area contributed by atoms with Crippen molar-refractivity contribution in [3.05, 3.63) is 34.3 Å². The van der Waals surface area contributed by atoms with Gasteiger partial charge in [-0.1, -0.05) is 43.0 Å². The number of hydrogen-bond acceptors (Lipinski definition) is 2. The van der Waals surface area contributed by atoms with Gasteiger partial charge in [-0.3, -0.25) is 4.99 Å². The van der Waals surface area contributed by atoms with E-state index in [1.165, 1.54) is 19.3 Å². The lowest BCUT2D eigenvalue weighted by molar-refractivity contribution is 0.442. The Morgan fingerprint density at radius 3 is 2.67 bits per heavy atom. The predicted octanol–water partition coefficient (Wildman–Crippen LogP) is 3.19. The van der Waals surface area contributed by atoms with E-state index in [0.717, 1.165) is 34.8 Å². The number of hydrogen-bond donors (Lipinski definition) is 2. The molecule has 98 valence electrons. The first-order valence-corrected chi connectivity index (χ1v) is 6.89. The first-order valence-electron chi connectivity index (χ1n) is 6.51. The molecule has 0 unspecified atom stereocenters. The second kappa shape index (κ2) is 6.21. The maximum absolute atomic E-state index is 6.13. The van der Waals surface area contributed by atoms with Crippen LogP contribution in [0.25, 0.3) is 0 Å². The topological polar surface area (TPSA) is 50.4 Å². The molecule has 4 heteroatoms. The predicted molar refractivity (Wildman–Crippen MR) is 76.9 cm³/mol. The number of nitrogens with one attached hydrogen (secondary N) is 1. The van der Waals surface area contributed by atoms with Crippen LogP contribution >= 0.6 is 11.6 Å². The minimum Gasteiger partial charge on any atom is -0.308 e. The van der Waals surface area contributed by atoms with Crippen molar-refractivity contribution in [2.45, 2.75) is 45.1 Å². The first kappa shape index (κ1) is 13.4. The Morgan fingerprint density at radius 2 is 2.06 bits per heavy atom. The van der Waals surface area contributed by atoms with Gasteiger partial charge in [0.15, 0.2) is 0 Å². The second-order valence-electron chi connectivity index (χ2n) is 4.88. The number of aryl methyl sites for hydroxylation is 1. The number of nitrogens with two attached hydrogens (primary N) is 1. The number of hydrazine groups is 1. The molecule has 0 heterocycles. The third kappa shape index (κ3) is 3.24. The van der Waals surface area contributed by atoms with Crippen molar-refractivity contribution >= 4 is 17.4 Å². The molecule has 1 aromatic rings. The minimum absolute atomic E-state index is 0.393. The largest absolute Gasteiger partial charge is 0.308 e. The summed E-state index contributed by atoms with van der Waals surface area (Å²) in [6.07, 6.45) is 6.17. The van der Waals surface area contributed by atoms with Gasteiger partial charge in [0.2, 0.25) is 0 Å². The zero-order valence-corrected chi connectivity index (χ0v) is 11.5. The van der Waals surface area contributed by atoms with Crippen LogP contribution < -0.4 is 11.3 Å². The average Bonchev–Trinajstić information content (AvgIpc) is 2.40. The summed E-state index contributed by atoms with van der Waals surface area (Å²) in [6.45, 7) is 1.99. The number of halogens is 1. The maximum atomic E-state index is 6.13. The molecule has 1 aliphatic rings. The van der Waals surface area contributed by atoms with Crippen molar-refractivity contribution in [3.63, 3.8) is 0 Å². The molecule has 0 amide bonds. The lowest BCUT2D eigenvalue weighted by atomic mass is 9.96. The summed E-state index contributed by atoms with van der Waals surface area (Å²) in [5.41, 5.74) is 4.73. The first-order chi connectivity index (χ1) is 8.70. The Hall–Kier alpha value is -1.06. The molecule has 0 radical (unpaired) electrons. The molecule has 0 aromatic heterocycles. The average molecular weight is 266 g/mol. The van der Waals surface area contributed by atoms with E-state index >= 15 is 0 Å². The third-order valence-electron chi connectivity index (χ3n) is 3.47. The van der Waals surface area contributed by atoms with Crippen LogP contribution in [0, 0.1) is 6.92 Å². The second-order valence-corrected chi connectivity index (χ2v) is 5.29. The summed E-state index contributed by atoms with van der Waals surface area (Å²) < 4.78 is 0. The molecule has 1 fully saturated rings. The van der Waals surface area contributed by atoms with Crippen LogP contribution in [-0.4, -0.2) is 11.9 Å². The third-order valence-corrected chi connectivity index (χ3v) is 3.88. The summed E-state index contributed by atoms with van der Waals surface area (Å²) >= 11 is 6.13. The van der Waals surface area contributed by atoms with Gasteiger partial charge >= 0.3 is 0 Å². The van der Waals surface area contributed by atoms with Gasteiger partial charge in [-0.15, -0.1) is 0 Å². The van der Waals surface area contributed by atoms with Crippen LogP contribution in [0.3, 0.4) is 0 Å². The number of rotatable bonds is 2. The molecule has 18 heavy (non-hydrogen) atoms. The molecule has 2 rings (SSSR count). The van der Waals surface area contributed by atoms with Crippen LogP contribution in [0.5, 0.6) is 0 Å². The summed E-state index contributed by atoms with van der Waals surface area (Å²) in [4.78, 5) is 4.72. The van der Waals surface area contributed by atoms with Crippen molar-refractivity contribution in [2.24, 2.45) is 10.8 Å². The molecule has 0 spiro atoms. The summed E-state index contributed by atoms with van der Waals surface area (Å²) in [7, 11) is 0. The molecule has 0 aliphatic heterocycles. The highest BCUT2D eigenvalue weighted by atomic mass is 35.5. The molecule has 1 saturated carbocycles. The van der Waals surface area contributed by atoms with Gasteiger partial charge < -0.3 is 5.43 Å². The van der Waals surface area contributed by atoms with Crippen LogP contribution in [0.2, 0.25) is 5.02 Å². The zero-order valence-electron chi connectivity index (χ0n) is 10.7. The highest BCUT2D eigenvalue weighted by Crippen LogP contribution is 2.22. The number of benzene rings is 1. The van der Waals surface area contributed by atoms with Crippen LogP contribution in [0.4, 0.5) is 0 Å². The number of aliphatic imine (C=N–C) groups is 1. The molecule has 0 bridgehead atoms. The lowest BCUT2D eigenvalue weighted by Crippen LogP contribution is -2.32. The van der Waals surface area contributed by atoms with Crippen LogP contribution in [-0.2, 0) is 0 Å². The Labute approximate surface area is 113 Å². The normalized spacial score (nSPS) is 17.8. The molecule has 1 aliphatic carbocycles. The monoisotopic (exact) mass is 265 g/mol. The summed E-state index contributed by atoms with van der Waals surface area (Å²) in [6, 6.07) is 6.30. The number of nitrogens with zero attached hydrogens (tertiary/aromatic N) is 1. The fourth-order valence-electron chi connectivity index (χ4n) is 2.33. The molecule has 0 atom stereocenters. The fraction of sp³-hybridized carbons (Fsp3) is 0.500.